The summed E-state index contributed by atoms with van der Waals surface area (Å²) >= 11 is 0. The summed E-state index contributed by atoms with van der Waals surface area (Å²) in [4.78, 5) is 38.8. The predicted octanol–water partition coefficient (Wildman–Crippen LogP) is 3.07. The van der Waals surface area contributed by atoms with E-state index in [-0.39, 0.29) is 30.2 Å². The van der Waals surface area contributed by atoms with E-state index in [4.69, 9.17) is 4.74 Å². The third-order valence-corrected chi connectivity index (χ3v) is 6.14. The fourth-order valence-corrected chi connectivity index (χ4v) is 4.85. The van der Waals surface area contributed by atoms with Crippen LogP contribution in [0.1, 0.15) is 66.2 Å². The van der Waals surface area contributed by atoms with Crippen LogP contribution in [0.5, 0.6) is 0 Å². The number of nitrogens with zero attached hydrogens (tertiary/aromatic N) is 1. The van der Waals surface area contributed by atoms with Crippen molar-refractivity contribution in [3.8, 4) is 0 Å². The van der Waals surface area contributed by atoms with Crippen molar-refractivity contribution in [1.82, 2.24) is 10.2 Å². The molecule has 1 aliphatic heterocycles. The van der Waals surface area contributed by atoms with Gasteiger partial charge in [-0.2, -0.15) is 0 Å². The number of carbonyl (C=O) groups is 3. The maximum Gasteiger partial charge on any atom is 0.407 e. The molecule has 0 spiro atoms. The predicted molar refractivity (Wildman–Crippen MR) is 106 cm³/mol. The molecule has 7 heteroatoms. The van der Waals surface area contributed by atoms with Gasteiger partial charge in [0.05, 0.1) is 18.7 Å². The number of rotatable bonds is 8. The van der Waals surface area contributed by atoms with E-state index >= 15 is 0 Å². The first-order valence-corrected chi connectivity index (χ1v) is 10.7. The number of piperidine rings is 1. The van der Waals surface area contributed by atoms with E-state index in [0.717, 1.165) is 32.1 Å². The largest absolute Gasteiger partial charge is 0.465 e. The van der Waals surface area contributed by atoms with E-state index in [9.17, 15) is 19.5 Å². The molecule has 0 bridgehead atoms. The number of carboxylic acid groups (broad SMARTS) is 1. The minimum absolute atomic E-state index is 0.0847. The molecule has 1 saturated carbocycles. The molecule has 2 fully saturated rings. The number of Topliss-reactive ketones (excluding diaryl/α,β-unsaturated/α-hetero) is 1. The first kappa shape index (κ1) is 22.7. The SMILES string of the molecule is CCOC(=O)[C@H](CC(C)C)N[C@@H](C)C(=O)C1C2CCCCC2CCN1C(=O)O. The van der Waals surface area contributed by atoms with Crippen molar-refractivity contribution in [3.63, 3.8) is 0 Å². The van der Waals surface area contributed by atoms with E-state index in [1.54, 1.807) is 13.8 Å². The zero-order valence-electron chi connectivity index (χ0n) is 17.6. The number of ketones is 1. The number of nitrogens with one attached hydrogen (secondary N) is 1. The summed E-state index contributed by atoms with van der Waals surface area (Å²) in [5, 5.41) is 12.8. The van der Waals surface area contributed by atoms with E-state index in [1.165, 1.54) is 4.90 Å². The second-order valence-electron chi connectivity index (χ2n) is 8.64. The molecule has 0 radical (unpaired) electrons. The van der Waals surface area contributed by atoms with Crippen molar-refractivity contribution in [2.45, 2.75) is 84.3 Å². The van der Waals surface area contributed by atoms with Gasteiger partial charge in [0.15, 0.2) is 5.78 Å². The molecule has 1 aliphatic carbocycles. The van der Waals surface area contributed by atoms with Crippen molar-refractivity contribution < 1.29 is 24.2 Å². The molecule has 7 nitrogen and oxygen atoms in total. The maximum absolute atomic E-state index is 13.3. The van der Waals surface area contributed by atoms with Crippen LogP contribution in [0, 0.1) is 17.8 Å². The molecule has 2 aliphatic rings. The molecule has 0 aromatic rings. The Morgan fingerprint density at radius 1 is 1.14 bits per heavy atom. The standard InChI is InChI=1S/C21H36N2O5/c1-5-28-20(25)17(12-13(2)3)22-14(4)19(24)18-16-9-7-6-8-15(16)10-11-23(18)21(26)27/h13-18,22H,5-12H2,1-4H3,(H,26,27)/t14-,15?,16?,17-,18?/m0/s1. The molecule has 2 rings (SSSR count). The summed E-state index contributed by atoms with van der Waals surface area (Å²) in [7, 11) is 0. The average Bonchev–Trinajstić information content (AvgIpc) is 2.65. The van der Waals surface area contributed by atoms with Crippen LogP contribution in [0.3, 0.4) is 0 Å². The van der Waals surface area contributed by atoms with Crippen molar-refractivity contribution in [2.75, 3.05) is 13.2 Å². The summed E-state index contributed by atoms with van der Waals surface area (Å²) in [6.07, 6.45) is 4.53. The third kappa shape index (κ3) is 5.46. The minimum Gasteiger partial charge on any atom is -0.465 e. The first-order chi connectivity index (χ1) is 13.3. The number of carbonyl (C=O) groups excluding carboxylic acids is 2. The molecule has 160 valence electrons. The Morgan fingerprint density at radius 2 is 1.82 bits per heavy atom. The lowest BCUT2D eigenvalue weighted by Gasteiger charge is -2.46. The second kappa shape index (κ2) is 10.2. The first-order valence-electron chi connectivity index (χ1n) is 10.7. The Balaban J connectivity index is 2.16. The summed E-state index contributed by atoms with van der Waals surface area (Å²) in [5.74, 6) is 0.280. The van der Waals surface area contributed by atoms with Crippen LogP contribution in [0.25, 0.3) is 0 Å². The van der Waals surface area contributed by atoms with Gasteiger partial charge in [-0.3, -0.25) is 19.8 Å². The van der Waals surface area contributed by atoms with E-state index in [1.807, 2.05) is 13.8 Å². The lowest BCUT2D eigenvalue weighted by molar-refractivity contribution is -0.146. The number of ether oxygens (including phenoxy) is 1. The van der Waals surface area contributed by atoms with Crippen LogP contribution in [0.2, 0.25) is 0 Å². The van der Waals surface area contributed by atoms with Crippen molar-refractivity contribution in [1.29, 1.82) is 0 Å². The summed E-state index contributed by atoms with van der Waals surface area (Å²) in [6.45, 7) is 8.22. The molecule has 5 atom stereocenters. The number of fused-ring (bicyclic) bond motifs is 1. The van der Waals surface area contributed by atoms with Crippen molar-refractivity contribution >= 4 is 17.8 Å². The van der Waals surface area contributed by atoms with Gasteiger partial charge in [0.2, 0.25) is 0 Å². The smallest absolute Gasteiger partial charge is 0.407 e. The van der Waals surface area contributed by atoms with Crippen molar-refractivity contribution in [2.24, 2.45) is 17.8 Å². The molecular weight excluding hydrogens is 360 g/mol. The van der Waals surface area contributed by atoms with Crippen LogP contribution in [-0.4, -0.2) is 59.1 Å². The number of amides is 1. The van der Waals surface area contributed by atoms with Crippen LogP contribution in [0.4, 0.5) is 4.79 Å². The van der Waals surface area contributed by atoms with Crippen LogP contribution in [-0.2, 0) is 14.3 Å². The number of esters is 1. The van der Waals surface area contributed by atoms with E-state index in [0.29, 0.717) is 18.9 Å². The summed E-state index contributed by atoms with van der Waals surface area (Å²) in [6, 6.07) is -1.80. The molecule has 2 N–H and O–H groups in total. The highest BCUT2D eigenvalue weighted by atomic mass is 16.5. The van der Waals surface area contributed by atoms with Gasteiger partial charge in [-0.05, 0) is 50.9 Å². The molecule has 0 aromatic carbocycles. The zero-order valence-corrected chi connectivity index (χ0v) is 17.6. The Morgan fingerprint density at radius 3 is 2.43 bits per heavy atom. The number of likely N-dealkylation sites (tertiary alicyclic amines) is 1. The van der Waals surface area contributed by atoms with Gasteiger partial charge in [-0.1, -0.05) is 33.1 Å². The van der Waals surface area contributed by atoms with E-state index < -0.39 is 24.2 Å². The third-order valence-electron chi connectivity index (χ3n) is 6.14. The monoisotopic (exact) mass is 396 g/mol. The Kier molecular flexibility index (Phi) is 8.28. The average molecular weight is 397 g/mol. The quantitative estimate of drug-likeness (QED) is 0.612. The molecule has 0 aromatic heterocycles. The fourth-order valence-electron chi connectivity index (χ4n) is 4.85. The van der Waals surface area contributed by atoms with Gasteiger partial charge in [-0.25, -0.2) is 4.79 Å². The molecule has 3 unspecified atom stereocenters. The van der Waals surface area contributed by atoms with Crippen LogP contribution in [0.15, 0.2) is 0 Å². The lowest BCUT2D eigenvalue weighted by atomic mass is 9.69. The van der Waals surface area contributed by atoms with Gasteiger partial charge < -0.3 is 9.84 Å². The molecule has 1 saturated heterocycles. The molecule has 1 heterocycles. The van der Waals surface area contributed by atoms with E-state index in [2.05, 4.69) is 5.32 Å². The van der Waals surface area contributed by atoms with Crippen LogP contribution < -0.4 is 5.32 Å². The second-order valence-corrected chi connectivity index (χ2v) is 8.64. The Hall–Kier alpha value is -1.63. The normalized spacial score (nSPS) is 27.0. The number of hydrogen-bond acceptors (Lipinski definition) is 5. The van der Waals surface area contributed by atoms with Gasteiger partial charge >= 0.3 is 12.1 Å². The van der Waals surface area contributed by atoms with Gasteiger partial charge in [0.25, 0.3) is 0 Å². The summed E-state index contributed by atoms with van der Waals surface area (Å²) in [5.41, 5.74) is 0. The molecular formula is C21H36N2O5. The highest BCUT2D eigenvalue weighted by Gasteiger charge is 2.46. The summed E-state index contributed by atoms with van der Waals surface area (Å²) < 4.78 is 5.16. The number of hydrogen-bond donors (Lipinski definition) is 2. The molecule has 1 amide bonds. The lowest BCUT2D eigenvalue weighted by Crippen LogP contribution is -2.60. The van der Waals surface area contributed by atoms with Crippen LogP contribution >= 0.6 is 0 Å². The Bertz CT molecular complexity index is 565. The van der Waals surface area contributed by atoms with Gasteiger partial charge in [0.1, 0.15) is 6.04 Å². The molecule has 28 heavy (non-hydrogen) atoms. The minimum atomic E-state index is -1.03. The van der Waals surface area contributed by atoms with Crippen molar-refractivity contribution in [3.05, 3.63) is 0 Å². The maximum atomic E-state index is 13.3. The zero-order chi connectivity index (χ0) is 20.8. The Labute approximate surface area is 168 Å². The fraction of sp³-hybridized carbons (Fsp3) is 0.857. The highest BCUT2D eigenvalue weighted by molar-refractivity contribution is 5.92. The van der Waals surface area contributed by atoms with Gasteiger partial charge in [0, 0.05) is 6.54 Å². The topological polar surface area (TPSA) is 95.9 Å². The van der Waals surface area contributed by atoms with Gasteiger partial charge in [-0.15, -0.1) is 0 Å². The highest BCUT2D eigenvalue weighted by Crippen LogP contribution is 2.40.